The molecule has 2 atom stereocenters. The molecule has 2 amide bonds. The summed E-state index contributed by atoms with van der Waals surface area (Å²) in [5, 5.41) is 6.21. The Balaban J connectivity index is 1.58. The summed E-state index contributed by atoms with van der Waals surface area (Å²) in [6.45, 7) is 0. The number of hydrogen-bond acceptors (Lipinski definition) is 3. The number of hydrogen-bond donors (Lipinski definition) is 2. The summed E-state index contributed by atoms with van der Waals surface area (Å²) in [4.78, 5) is 30.6. The fourth-order valence-electron chi connectivity index (χ4n) is 3.86. The molecule has 178 valence electrons. The summed E-state index contributed by atoms with van der Waals surface area (Å²) in [5.74, 6) is -0.580. The molecule has 0 saturated heterocycles. The first-order valence-corrected chi connectivity index (χ1v) is 11.4. The number of aromatic nitrogens is 2. The second kappa shape index (κ2) is 11.0. The van der Waals surface area contributed by atoms with Crippen molar-refractivity contribution in [3.05, 3.63) is 125 Å². The van der Waals surface area contributed by atoms with Gasteiger partial charge in [0, 0.05) is 19.4 Å². The average Bonchev–Trinajstić information content (AvgIpc) is 3.28. The third kappa shape index (κ3) is 5.94. The van der Waals surface area contributed by atoms with Gasteiger partial charge in [-0.1, -0.05) is 66.2 Å². The molecule has 3 aromatic carbocycles. The van der Waals surface area contributed by atoms with Gasteiger partial charge in [0.05, 0.1) is 23.0 Å². The Morgan fingerprint density at radius 1 is 0.971 bits per heavy atom. The van der Waals surface area contributed by atoms with Crippen LogP contribution in [0.2, 0.25) is 5.02 Å². The molecule has 4 aromatic rings. The van der Waals surface area contributed by atoms with Crippen molar-refractivity contribution in [2.24, 2.45) is 7.05 Å². The van der Waals surface area contributed by atoms with E-state index < -0.39 is 17.9 Å². The van der Waals surface area contributed by atoms with Gasteiger partial charge in [0.2, 0.25) is 5.91 Å². The first kappa shape index (κ1) is 24.2. The van der Waals surface area contributed by atoms with E-state index in [1.165, 1.54) is 12.1 Å². The van der Waals surface area contributed by atoms with E-state index in [2.05, 4.69) is 15.6 Å². The Hall–Kier alpha value is -3.97. The third-order valence-electron chi connectivity index (χ3n) is 5.62. The van der Waals surface area contributed by atoms with Crippen LogP contribution in [0.1, 0.15) is 45.8 Å². The van der Waals surface area contributed by atoms with E-state index in [0.29, 0.717) is 22.0 Å². The van der Waals surface area contributed by atoms with Crippen LogP contribution in [-0.4, -0.2) is 21.4 Å². The van der Waals surface area contributed by atoms with E-state index in [1.807, 2.05) is 30.3 Å². The van der Waals surface area contributed by atoms with Crippen molar-refractivity contribution in [3.63, 3.8) is 0 Å². The van der Waals surface area contributed by atoms with Crippen LogP contribution < -0.4 is 10.6 Å². The van der Waals surface area contributed by atoms with Crippen LogP contribution in [0.3, 0.4) is 0 Å². The maximum absolute atomic E-state index is 14.0. The topological polar surface area (TPSA) is 76.0 Å². The maximum atomic E-state index is 14.0. The predicted molar refractivity (Wildman–Crippen MR) is 132 cm³/mol. The first-order valence-electron chi connectivity index (χ1n) is 11.0. The van der Waals surface area contributed by atoms with Crippen LogP contribution in [0.5, 0.6) is 0 Å². The third-order valence-corrected chi connectivity index (χ3v) is 5.95. The van der Waals surface area contributed by atoms with Gasteiger partial charge in [-0.05, 0) is 35.4 Å². The number of carbonyl (C=O) groups excluding carboxylic acids is 2. The molecular weight excluding hydrogens is 467 g/mol. The Bertz CT molecular complexity index is 1330. The average molecular weight is 491 g/mol. The van der Waals surface area contributed by atoms with Crippen LogP contribution in [0, 0.1) is 5.82 Å². The lowest BCUT2D eigenvalue weighted by molar-refractivity contribution is -0.122. The molecule has 0 aliphatic heterocycles. The van der Waals surface area contributed by atoms with Crippen LogP contribution >= 0.6 is 11.6 Å². The Labute approximate surface area is 207 Å². The number of benzene rings is 3. The van der Waals surface area contributed by atoms with Crippen molar-refractivity contribution < 1.29 is 14.0 Å². The van der Waals surface area contributed by atoms with Gasteiger partial charge < -0.3 is 15.2 Å². The lowest BCUT2D eigenvalue weighted by atomic mass is 10.0. The number of halogens is 2. The maximum Gasteiger partial charge on any atom is 0.253 e. The SMILES string of the molecule is Cn1ccnc1[C@H](NC(=O)C[C@@H](NC(=O)c1ccccc1Cl)c1ccccc1)c1cccc(F)c1. The minimum Gasteiger partial charge on any atom is -0.345 e. The molecule has 2 N–H and O–H groups in total. The molecule has 0 aliphatic rings. The summed E-state index contributed by atoms with van der Waals surface area (Å²) >= 11 is 6.20. The van der Waals surface area contributed by atoms with E-state index in [4.69, 9.17) is 11.6 Å². The zero-order chi connectivity index (χ0) is 24.8. The second-order valence-electron chi connectivity index (χ2n) is 8.07. The number of amides is 2. The molecule has 1 aromatic heterocycles. The van der Waals surface area contributed by atoms with E-state index in [0.717, 1.165) is 5.56 Å². The molecule has 0 aliphatic carbocycles. The molecule has 4 rings (SSSR count). The minimum absolute atomic E-state index is 0.0452. The number of imidazole rings is 1. The van der Waals surface area contributed by atoms with E-state index >= 15 is 0 Å². The monoisotopic (exact) mass is 490 g/mol. The number of aryl methyl sites for hydroxylation is 1. The summed E-state index contributed by atoms with van der Waals surface area (Å²) in [7, 11) is 1.80. The van der Waals surface area contributed by atoms with Gasteiger partial charge in [-0.25, -0.2) is 9.37 Å². The fourth-order valence-corrected chi connectivity index (χ4v) is 4.08. The van der Waals surface area contributed by atoms with Crippen LogP contribution in [0.25, 0.3) is 0 Å². The Morgan fingerprint density at radius 2 is 1.69 bits per heavy atom. The fraction of sp³-hybridized carbons (Fsp3) is 0.148. The van der Waals surface area contributed by atoms with E-state index in [1.54, 1.807) is 60.4 Å². The van der Waals surface area contributed by atoms with Crippen LogP contribution in [0.4, 0.5) is 4.39 Å². The smallest absolute Gasteiger partial charge is 0.253 e. The second-order valence-corrected chi connectivity index (χ2v) is 8.48. The molecule has 0 bridgehead atoms. The van der Waals surface area contributed by atoms with Gasteiger partial charge in [-0.2, -0.15) is 0 Å². The van der Waals surface area contributed by atoms with E-state index in [-0.39, 0.29) is 18.2 Å². The molecule has 0 fully saturated rings. The highest BCUT2D eigenvalue weighted by atomic mass is 35.5. The van der Waals surface area contributed by atoms with Gasteiger partial charge in [0.25, 0.3) is 5.91 Å². The molecule has 0 radical (unpaired) electrons. The first-order chi connectivity index (χ1) is 16.9. The van der Waals surface area contributed by atoms with Crippen LogP contribution in [0.15, 0.2) is 91.3 Å². The highest BCUT2D eigenvalue weighted by Gasteiger charge is 2.25. The van der Waals surface area contributed by atoms with Crippen molar-refractivity contribution in [3.8, 4) is 0 Å². The van der Waals surface area contributed by atoms with Gasteiger partial charge in [-0.3, -0.25) is 9.59 Å². The van der Waals surface area contributed by atoms with Crippen molar-refractivity contribution in [1.29, 1.82) is 0 Å². The summed E-state index contributed by atoms with van der Waals surface area (Å²) in [6, 6.07) is 20.7. The lowest BCUT2D eigenvalue weighted by Crippen LogP contribution is -2.36. The highest BCUT2D eigenvalue weighted by molar-refractivity contribution is 6.33. The lowest BCUT2D eigenvalue weighted by Gasteiger charge is -2.23. The molecule has 1 heterocycles. The molecule has 0 unspecified atom stereocenters. The highest BCUT2D eigenvalue weighted by Crippen LogP contribution is 2.24. The van der Waals surface area contributed by atoms with Gasteiger partial charge >= 0.3 is 0 Å². The van der Waals surface area contributed by atoms with Crippen LogP contribution in [-0.2, 0) is 11.8 Å². The molecule has 35 heavy (non-hydrogen) atoms. The Morgan fingerprint density at radius 3 is 2.37 bits per heavy atom. The Kier molecular flexibility index (Phi) is 7.57. The summed E-state index contributed by atoms with van der Waals surface area (Å²) in [6.07, 6.45) is 3.32. The van der Waals surface area contributed by atoms with Gasteiger partial charge in [0.1, 0.15) is 17.7 Å². The largest absolute Gasteiger partial charge is 0.345 e. The van der Waals surface area contributed by atoms with Crippen molar-refractivity contribution >= 4 is 23.4 Å². The normalized spacial score (nSPS) is 12.5. The summed E-state index contributed by atoms with van der Waals surface area (Å²) in [5.41, 5.74) is 1.65. The van der Waals surface area contributed by atoms with Crippen molar-refractivity contribution in [2.45, 2.75) is 18.5 Å². The zero-order valence-electron chi connectivity index (χ0n) is 19.0. The van der Waals surface area contributed by atoms with E-state index in [9.17, 15) is 14.0 Å². The predicted octanol–water partition coefficient (Wildman–Crippen LogP) is 4.98. The molecule has 6 nitrogen and oxygen atoms in total. The minimum atomic E-state index is -0.672. The van der Waals surface area contributed by atoms with Crippen molar-refractivity contribution in [2.75, 3.05) is 0 Å². The van der Waals surface area contributed by atoms with Gasteiger partial charge in [0.15, 0.2) is 0 Å². The molecule has 0 spiro atoms. The molecule has 8 heteroatoms. The standard InChI is InChI=1S/C27H24ClFN4O2/c1-33-15-14-30-26(33)25(19-10-7-11-20(29)16-19)32-24(34)17-23(18-8-3-2-4-9-18)31-27(35)21-12-5-6-13-22(21)28/h2-16,23,25H,17H2,1H3,(H,31,35)(H,32,34)/t23-,25-/m1/s1. The van der Waals surface area contributed by atoms with Gasteiger partial charge in [-0.15, -0.1) is 0 Å². The summed E-state index contributed by atoms with van der Waals surface area (Å²) < 4.78 is 15.7. The number of nitrogens with one attached hydrogen (secondary N) is 2. The molecule has 0 saturated carbocycles. The quantitative estimate of drug-likeness (QED) is 0.366. The molecular formula is C27H24ClFN4O2. The number of nitrogens with zero attached hydrogens (tertiary/aromatic N) is 2. The number of carbonyl (C=O) groups is 2. The zero-order valence-corrected chi connectivity index (χ0v) is 19.7. The number of rotatable bonds is 8. The van der Waals surface area contributed by atoms with Crippen molar-refractivity contribution in [1.82, 2.24) is 20.2 Å².